The summed E-state index contributed by atoms with van der Waals surface area (Å²) in [6.07, 6.45) is 6.30. The molecule has 0 unspecified atom stereocenters. The second-order valence-corrected chi connectivity index (χ2v) is 6.17. The van der Waals surface area contributed by atoms with E-state index in [1.807, 2.05) is 27.0 Å². The predicted octanol–water partition coefficient (Wildman–Crippen LogP) is 2.39. The minimum Gasteiger partial charge on any atom is -0.320 e. The van der Waals surface area contributed by atoms with E-state index >= 15 is 0 Å². The van der Waals surface area contributed by atoms with Gasteiger partial charge >= 0.3 is 0 Å². The number of carbonyl (C=O) groups is 1. The van der Waals surface area contributed by atoms with E-state index in [1.54, 1.807) is 4.68 Å². The molecule has 0 bridgehead atoms. The Morgan fingerprint density at radius 3 is 2.65 bits per heavy atom. The minimum absolute atomic E-state index is 0.126. The van der Waals surface area contributed by atoms with E-state index in [-0.39, 0.29) is 11.8 Å². The molecule has 1 saturated carbocycles. The van der Waals surface area contributed by atoms with Gasteiger partial charge in [0.2, 0.25) is 5.91 Å². The highest BCUT2D eigenvalue weighted by atomic mass is 16.2. The van der Waals surface area contributed by atoms with Gasteiger partial charge in [-0.05, 0) is 18.8 Å². The highest BCUT2D eigenvalue weighted by Gasteiger charge is 2.22. The van der Waals surface area contributed by atoms with Crippen LogP contribution in [0.1, 0.15) is 57.6 Å². The second kappa shape index (κ2) is 6.39. The van der Waals surface area contributed by atoms with Crippen molar-refractivity contribution in [2.75, 3.05) is 5.32 Å². The van der Waals surface area contributed by atoms with Crippen molar-refractivity contribution in [2.45, 2.75) is 57.9 Å². The van der Waals surface area contributed by atoms with Gasteiger partial charge in [0.15, 0.2) is 0 Å². The van der Waals surface area contributed by atoms with Crippen molar-refractivity contribution in [3.8, 4) is 0 Å². The number of nitrogens with zero attached hydrogens (tertiary/aromatic N) is 2. The van der Waals surface area contributed by atoms with Crippen LogP contribution in [0.25, 0.3) is 0 Å². The Bertz CT molecular complexity index is 460. The normalized spacial score (nSPS) is 18.2. The molecule has 112 valence electrons. The van der Waals surface area contributed by atoms with Crippen LogP contribution >= 0.6 is 0 Å². The van der Waals surface area contributed by atoms with Gasteiger partial charge < -0.3 is 11.1 Å². The lowest BCUT2D eigenvalue weighted by atomic mass is 9.87. The van der Waals surface area contributed by atoms with E-state index in [0.29, 0.717) is 5.92 Å². The maximum absolute atomic E-state index is 12.0. The fourth-order valence-corrected chi connectivity index (χ4v) is 2.72. The van der Waals surface area contributed by atoms with Crippen molar-refractivity contribution < 1.29 is 4.79 Å². The number of nitrogens with one attached hydrogen (secondary N) is 1. The van der Waals surface area contributed by atoms with Crippen molar-refractivity contribution in [1.29, 1.82) is 0 Å². The highest BCUT2D eigenvalue weighted by Crippen LogP contribution is 2.32. The third kappa shape index (κ3) is 3.39. The average molecular weight is 278 g/mol. The number of carbonyl (C=O) groups excluding carboxylic acids is 1. The first kappa shape index (κ1) is 15.0. The van der Waals surface area contributed by atoms with Crippen LogP contribution in [0.4, 0.5) is 5.82 Å². The van der Waals surface area contributed by atoms with Crippen LogP contribution in [0, 0.1) is 5.92 Å². The van der Waals surface area contributed by atoms with E-state index in [2.05, 4.69) is 10.4 Å². The van der Waals surface area contributed by atoms with Gasteiger partial charge in [-0.15, -0.1) is 0 Å². The largest absolute Gasteiger partial charge is 0.320 e. The third-order valence-electron chi connectivity index (χ3n) is 4.19. The summed E-state index contributed by atoms with van der Waals surface area (Å²) in [4.78, 5) is 12.0. The van der Waals surface area contributed by atoms with E-state index in [9.17, 15) is 4.79 Å². The van der Waals surface area contributed by atoms with Crippen LogP contribution in [0.15, 0.2) is 6.07 Å². The molecule has 0 aliphatic heterocycles. The Morgan fingerprint density at radius 2 is 2.05 bits per heavy atom. The molecule has 0 aromatic carbocycles. The van der Waals surface area contributed by atoms with Crippen molar-refractivity contribution in [3.05, 3.63) is 11.8 Å². The number of hydrogen-bond donors (Lipinski definition) is 2. The lowest BCUT2D eigenvalue weighted by molar-refractivity contribution is -0.118. The number of aryl methyl sites for hydroxylation is 1. The molecule has 1 amide bonds. The van der Waals surface area contributed by atoms with Crippen LogP contribution in [-0.2, 0) is 11.8 Å². The Labute approximate surface area is 120 Å². The van der Waals surface area contributed by atoms with Gasteiger partial charge in [-0.1, -0.05) is 33.1 Å². The Morgan fingerprint density at radius 1 is 1.40 bits per heavy atom. The fourth-order valence-electron chi connectivity index (χ4n) is 2.72. The second-order valence-electron chi connectivity index (χ2n) is 6.17. The monoisotopic (exact) mass is 278 g/mol. The van der Waals surface area contributed by atoms with Gasteiger partial charge in [-0.3, -0.25) is 9.48 Å². The average Bonchev–Trinajstić information content (AvgIpc) is 2.80. The van der Waals surface area contributed by atoms with Crippen LogP contribution in [0.2, 0.25) is 0 Å². The molecule has 1 aliphatic carbocycles. The molecule has 1 atom stereocenters. The zero-order valence-electron chi connectivity index (χ0n) is 12.7. The maximum atomic E-state index is 12.0. The Hall–Kier alpha value is -1.36. The molecule has 1 aromatic rings. The Kier molecular flexibility index (Phi) is 4.81. The lowest BCUT2D eigenvalue weighted by Crippen LogP contribution is -2.40. The van der Waals surface area contributed by atoms with Crippen LogP contribution < -0.4 is 11.1 Å². The van der Waals surface area contributed by atoms with Crippen LogP contribution in [-0.4, -0.2) is 21.7 Å². The summed E-state index contributed by atoms with van der Waals surface area (Å²) in [5.41, 5.74) is 6.96. The quantitative estimate of drug-likeness (QED) is 0.888. The number of hydrogen-bond acceptors (Lipinski definition) is 3. The van der Waals surface area contributed by atoms with Gasteiger partial charge in [-0.25, -0.2) is 0 Å². The van der Waals surface area contributed by atoms with Crippen molar-refractivity contribution >= 4 is 11.7 Å². The number of nitrogens with two attached hydrogens (primary N) is 1. The third-order valence-corrected chi connectivity index (χ3v) is 4.19. The topological polar surface area (TPSA) is 72.9 Å². The first-order valence-corrected chi connectivity index (χ1v) is 7.59. The number of anilines is 1. The first-order valence-electron chi connectivity index (χ1n) is 7.59. The summed E-state index contributed by atoms with van der Waals surface area (Å²) >= 11 is 0. The molecule has 3 N–H and O–H groups in total. The molecular weight excluding hydrogens is 252 g/mol. The van der Waals surface area contributed by atoms with E-state index in [1.165, 1.54) is 32.1 Å². The summed E-state index contributed by atoms with van der Waals surface area (Å²) in [7, 11) is 1.86. The molecule has 2 rings (SSSR count). The standard InChI is InChI=1S/C15H26N4O/c1-10(2)14(16)15(20)17-13-9-12(18-19(13)3)11-7-5-4-6-8-11/h9-11,14H,4-8,16H2,1-3H3,(H,17,20)/t14-/m0/s1. The van der Waals surface area contributed by atoms with Crippen molar-refractivity contribution in [3.63, 3.8) is 0 Å². The molecule has 5 nitrogen and oxygen atoms in total. The van der Waals surface area contributed by atoms with E-state index in [0.717, 1.165) is 11.5 Å². The van der Waals surface area contributed by atoms with E-state index < -0.39 is 6.04 Å². The molecule has 1 aromatic heterocycles. The van der Waals surface area contributed by atoms with Crippen LogP contribution in [0.5, 0.6) is 0 Å². The van der Waals surface area contributed by atoms with Gasteiger partial charge in [-0.2, -0.15) is 5.10 Å². The number of rotatable bonds is 4. The summed E-state index contributed by atoms with van der Waals surface area (Å²) in [5.74, 6) is 1.27. The van der Waals surface area contributed by atoms with Gasteiger partial charge in [0.25, 0.3) is 0 Å². The minimum atomic E-state index is -0.483. The highest BCUT2D eigenvalue weighted by molar-refractivity contribution is 5.94. The summed E-state index contributed by atoms with van der Waals surface area (Å²) in [6, 6.07) is 1.52. The molecule has 5 heteroatoms. The lowest BCUT2D eigenvalue weighted by Gasteiger charge is -2.19. The predicted molar refractivity (Wildman–Crippen MR) is 80.5 cm³/mol. The smallest absolute Gasteiger partial charge is 0.242 e. The molecule has 1 fully saturated rings. The summed E-state index contributed by atoms with van der Waals surface area (Å²) < 4.78 is 1.74. The summed E-state index contributed by atoms with van der Waals surface area (Å²) in [6.45, 7) is 3.89. The molecule has 0 radical (unpaired) electrons. The summed E-state index contributed by atoms with van der Waals surface area (Å²) in [5, 5.41) is 7.44. The molecule has 0 spiro atoms. The van der Waals surface area contributed by atoms with Crippen LogP contribution in [0.3, 0.4) is 0 Å². The van der Waals surface area contributed by atoms with Gasteiger partial charge in [0.05, 0.1) is 11.7 Å². The zero-order chi connectivity index (χ0) is 14.7. The Balaban J connectivity index is 2.05. The SMILES string of the molecule is CC(C)[C@H](N)C(=O)Nc1cc(C2CCCCC2)nn1C. The maximum Gasteiger partial charge on any atom is 0.242 e. The molecule has 20 heavy (non-hydrogen) atoms. The molecule has 1 heterocycles. The van der Waals surface area contributed by atoms with Crippen molar-refractivity contribution in [1.82, 2.24) is 9.78 Å². The van der Waals surface area contributed by atoms with Gasteiger partial charge in [0, 0.05) is 19.0 Å². The fraction of sp³-hybridized carbons (Fsp3) is 0.733. The molecule has 0 saturated heterocycles. The van der Waals surface area contributed by atoms with Crippen molar-refractivity contribution in [2.24, 2.45) is 18.7 Å². The molecule has 1 aliphatic rings. The van der Waals surface area contributed by atoms with Gasteiger partial charge in [0.1, 0.15) is 5.82 Å². The zero-order valence-corrected chi connectivity index (χ0v) is 12.7. The molecular formula is C15H26N4O. The number of amides is 1. The number of aromatic nitrogens is 2. The van der Waals surface area contributed by atoms with E-state index in [4.69, 9.17) is 5.73 Å². The first-order chi connectivity index (χ1) is 9.49.